The molecule has 1 heterocycles. The van der Waals surface area contributed by atoms with Crippen LogP contribution in [0.4, 0.5) is 0 Å². The van der Waals surface area contributed by atoms with E-state index in [-0.39, 0.29) is 54.7 Å². The summed E-state index contributed by atoms with van der Waals surface area (Å²) in [6, 6.07) is 0. The van der Waals surface area contributed by atoms with E-state index in [1.807, 2.05) is 6.92 Å². The largest absolute Gasteiger partial charge is 0.481 e. The van der Waals surface area contributed by atoms with E-state index in [0.717, 1.165) is 44.1 Å². The van der Waals surface area contributed by atoms with E-state index < -0.39 is 29.1 Å². The minimum absolute atomic E-state index is 0.0608. The maximum Gasteiger partial charge on any atom is 0.331 e. The SMILES string of the molecule is C[C@]12CC[C@@H](OC(=O)CCC(=O)O)C[C@H]1CC[C@@H]1[C@@H]2C[C@H](O)[C@]2(C)[C@@H](C3=CC(=O)OC3)CC[C@@]12O. The van der Waals surface area contributed by atoms with Crippen molar-refractivity contribution < 1.29 is 39.2 Å². The van der Waals surface area contributed by atoms with Crippen LogP contribution in [0.3, 0.4) is 0 Å². The second-order valence-electron chi connectivity index (χ2n) is 12.1. The Balaban J connectivity index is 1.33. The Morgan fingerprint density at radius 3 is 2.54 bits per heavy atom. The van der Waals surface area contributed by atoms with Gasteiger partial charge in [-0.25, -0.2) is 4.79 Å². The van der Waals surface area contributed by atoms with Gasteiger partial charge in [0.1, 0.15) is 12.7 Å². The van der Waals surface area contributed by atoms with E-state index in [0.29, 0.717) is 18.8 Å². The molecule has 4 saturated carbocycles. The van der Waals surface area contributed by atoms with Crippen molar-refractivity contribution in [3.63, 3.8) is 0 Å². The molecule has 35 heavy (non-hydrogen) atoms. The Hall–Kier alpha value is -1.93. The number of aliphatic hydroxyl groups excluding tert-OH is 1. The summed E-state index contributed by atoms with van der Waals surface area (Å²) < 4.78 is 10.8. The highest BCUT2D eigenvalue weighted by atomic mass is 16.5. The summed E-state index contributed by atoms with van der Waals surface area (Å²) in [7, 11) is 0. The summed E-state index contributed by atoms with van der Waals surface area (Å²) in [5.74, 6) is -1.28. The summed E-state index contributed by atoms with van der Waals surface area (Å²) >= 11 is 0. The third-order valence-electron chi connectivity index (χ3n) is 10.9. The molecule has 0 amide bonds. The van der Waals surface area contributed by atoms with Crippen molar-refractivity contribution in [1.29, 1.82) is 0 Å². The number of carboxylic acid groups (broad SMARTS) is 1. The van der Waals surface area contributed by atoms with Crippen molar-refractivity contribution in [3.05, 3.63) is 11.6 Å². The summed E-state index contributed by atoms with van der Waals surface area (Å²) in [4.78, 5) is 34.6. The van der Waals surface area contributed by atoms with Crippen molar-refractivity contribution in [3.8, 4) is 0 Å². The van der Waals surface area contributed by atoms with Crippen LogP contribution in [0.2, 0.25) is 0 Å². The van der Waals surface area contributed by atoms with Crippen LogP contribution in [0.5, 0.6) is 0 Å². The van der Waals surface area contributed by atoms with Crippen LogP contribution >= 0.6 is 0 Å². The zero-order valence-electron chi connectivity index (χ0n) is 20.7. The second-order valence-corrected chi connectivity index (χ2v) is 12.1. The molecule has 0 aromatic rings. The number of esters is 2. The van der Waals surface area contributed by atoms with E-state index >= 15 is 0 Å². The van der Waals surface area contributed by atoms with Crippen molar-refractivity contribution >= 4 is 17.9 Å². The standard InChI is InChI=1S/C27H38O8/c1-25-9-7-17(35-23(31)6-5-22(29)30)12-16(25)3-4-19-20(25)13-21(28)26(2)18(8-10-27(19,26)33)15-11-24(32)34-14-15/h11,16-21,28,33H,3-10,12-14H2,1-2H3,(H,29,30)/t16-,17-,18-,19-,20+,21+,25+,26+,27-/m1/s1. The third kappa shape index (κ3) is 3.74. The number of hydrogen-bond donors (Lipinski definition) is 3. The fourth-order valence-electron chi connectivity index (χ4n) is 8.91. The van der Waals surface area contributed by atoms with Gasteiger partial charge in [0.15, 0.2) is 0 Å². The number of rotatable bonds is 5. The molecule has 0 aromatic carbocycles. The molecule has 1 aliphatic heterocycles. The highest BCUT2D eigenvalue weighted by molar-refractivity contribution is 5.85. The molecule has 194 valence electrons. The second kappa shape index (κ2) is 8.58. The van der Waals surface area contributed by atoms with Gasteiger partial charge in [-0.05, 0) is 86.0 Å². The highest BCUT2D eigenvalue weighted by Gasteiger charge is 2.70. The molecule has 0 saturated heterocycles. The summed E-state index contributed by atoms with van der Waals surface area (Å²) in [5.41, 5.74) is -0.875. The molecule has 3 N–H and O–H groups in total. The van der Waals surface area contributed by atoms with Crippen molar-refractivity contribution in [2.45, 2.75) is 95.9 Å². The summed E-state index contributed by atoms with van der Waals surface area (Å²) in [5, 5.41) is 32.7. The summed E-state index contributed by atoms with van der Waals surface area (Å²) in [6.45, 7) is 4.55. The number of hydrogen-bond acceptors (Lipinski definition) is 7. The molecule has 9 atom stereocenters. The van der Waals surface area contributed by atoms with Gasteiger partial charge in [0.05, 0.1) is 24.5 Å². The predicted molar refractivity (Wildman–Crippen MR) is 124 cm³/mol. The average Bonchev–Trinajstić information content (AvgIpc) is 3.34. The molecule has 0 unspecified atom stereocenters. The number of carboxylic acids is 1. The van der Waals surface area contributed by atoms with Crippen LogP contribution in [0.15, 0.2) is 11.6 Å². The van der Waals surface area contributed by atoms with Crippen LogP contribution in [-0.4, -0.2) is 57.6 Å². The first-order valence-corrected chi connectivity index (χ1v) is 13.2. The number of cyclic esters (lactones) is 1. The summed E-state index contributed by atoms with van der Waals surface area (Å²) in [6.07, 6.45) is 6.45. The molecular weight excluding hydrogens is 452 g/mol. The molecular formula is C27H38O8. The van der Waals surface area contributed by atoms with Crippen LogP contribution in [-0.2, 0) is 23.9 Å². The lowest BCUT2D eigenvalue weighted by atomic mass is 9.42. The van der Waals surface area contributed by atoms with E-state index in [1.54, 1.807) is 6.08 Å². The zero-order valence-corrected chi connectivity index (χ0v) is 20.7. The first kappa shape index (κ1) is 24.8. The molecule has 8 nitrogen and oxygen atoms in total. The van der Waals surface area contributed by atoms with Gasteiger partial charge in [-0.1, -0.05) is 13.8 Å². The quantitative estimate of drug-likeness (QED) is 0.502. The normalized spacial score (nSPS) is 46.6. The fourth-order valence-corrected chi connectivity index (χ4v) is 8.91. The van der Waals surface area contributed by atoms with Crippen LogP contribution < -0.4 is 0 Å². The van der Waals surface area contributed by atoms with Gasteiger partial charge in [-0.15, -0.1) is 0 Å². The monoisotopic (exact) mass is 490 g/mol. The van der Waals surface area contributed by atoms with E-state index in [9.17, 15) is 24.6 Å². The minimum Gasteiger partial charge on any atom is -0.481 e. The van der Waals surface area contributed by atoms with Crippen LogP contribution in [0, 0.1) is 34.5 Å². The Kier molecular flexibility index (Phi) is 6.07. The van der Waals surface area contributed by atoms with Gasteiger partial charge in [0.25, 0.3) is 0 Å². The number of carbonyl (C=O) groups is 3. The number of fused-ring (bicyclic) bond motifs is 5. The molecule has 0 radical (unpaired) electrons. The average molecular weight is 491 g/mol. The lowest BCUT2D eigenvalue weighted by molar-refractivity contribution is -0.245. The molecule has 4 aliphatic carbocycles. The number of carbonyl (C=O) groups excluding carboxylic acids is 2. The molecule has 0 aromatic heterocycles. The van der Waals surface area contributed by atoms with Gasteiger partial charge in [0.2, 0.25) is 0 Å². The van der Waals surface area contributed by atoms with Gasteiger partial charge < -0.3 is 24.8 Å². The lowest BCUT2D eigenvalue weighted by Gasteiger charge is -2.65. The highest BCUT2D eigenvalue weighted by Crippen LogP contribution is 2.70. The Morgan fingerprint density at radius 2 is 1.86 bits per heavy atom. The smallest absolute Gasteiger partial charge is 0.331 e. The van der Waals surface area contributed by atoms with Gasteiger partial charge in [-0.2, -0.15) is 0 Å². The first-order valence-electron chi connectivity index (χ1n) is 13.2. The van der Waals surface area contributed by atoms with Crippen molar-refractivity contribution in [2.75, 3.05) is 6.61 Å². The molecule has 0 spiro atoms. The maximum absolute atomic E-state index is 12.3. The van der Waals surface area contributed by atoms with Gasteiger partial charge in [-0.3, -0.25) is 9.59 Å². The molecule has 4 fully saturated rings. The lowest BCUT2D eigenvalue weighted by Crippen LogP contribution is -2.67. The van der Waals surface area contributed by atoms with Crippen molar-refractivity contribution in [1.82, 2.24) is 0 Å². The third-order valence-corrected chi connectivity index (χ3v) is 10.9. The Morgan fingerprint density at radius 1 is 1.09 bits per heavy atom. The maximum atomic E-state index is 12.3. The Bertz CT molecular complexity index is 943. The van der Waals surface area contributed by atoms with Crippen LogP contribution in [0.1, 0.15) is 78.1 Å². The van der Waals surface area contributed by atoms with Crippen LogP contribution in [0.25, 0.3) is 0 Å². The van der Waals surface area contributed by atoms with E-state index in [4.69, 9.17) is 14.6 Å². The molecule has 5 aliphatic rings. The first-order chi connectivity index (χ1) is 16.5. The van der Waals surface area contributed by atoms with E-state index in [1.165, 1.54) is 0 Å². The molecule has 8 heteroatoms. The molecule has 5 rings (SSSR count). The minimum atomic E-state index is -1.00. The van der Waals surface area contributed by atoms with Crippen molar-refractivity contribution in [2.24, 2.45) is 34.5 Å². The number of aliphatic hydroxyl groups is 2. The Labute approximate surface area is 206 Å². The zero-order chi connectivity index (χ0) is 25.2. The topological polar surface area (TPSA) is 130 Å². The predicted octanol–water partition coefficient (Wildman–Crippen LogP) is 2.99. The number of ether oxygens (including phenoxy) is 2. The van der Waals surface area contributed by atoms with Gasteiger partial charge in [0, 0.05) is 11.5 Å². The fraction of sp³-hybridized carbons (Fsp3) is 0.815. The van der Waals surface area contributed by atoms with E-state index in [2.05, 4.69) is 6.92 Å². The number of aliphatic carboxylic acids is 1. The molecule has 0 bridgehead atoms. The van der Waals surface area contributed by atoms with Gasteiger partial charge >= 0.3 is 17.9 Å².